The van der Waals surface area contributed by atoms with Crippen LogP contribution in [0.15, 0.2) is 60.2 Å². The van der Waals surface area contributed by atoms with Gasteiger partial charge in [0.1, 0.15) is 5.75 Å². The summed E-state index contributed by atoms with van der Waals surface area (Å²) >= 11 is 0. The molecule has 164 valence electrons. The molecule has 2 aliphatic carbocycles. The van der Waals surface area contributed by atoms with Gasteiger partial charge in [-0.1, -0.05) is 74.9 Å². The Hall–Kier alpha value is -3.14. The van der Waals surface area contributed by atoms with Crippen molar-refractivity contribution in [3.63, 3.8) is 0 Å². The minimum atomic E-state index is -0.913. The number of carboxylic acid groups (broad SMARTS) is 1. The summed E-state index contributed by atoms with van der Waals surface area (Å²) in [6.07, 6.45) is 2.78. The summed E-state index contributed by atoms with van der Waals surface area (Å²) in [4.78, 5) is 25.5. The minimum absolute atomic E-state index is 0.00133. The van der Waals surface area contributed by atoms with Gasteiger partial charge in [-0.2, -0.15) is 0 Å². The molecule has 3 aromatic rings. The van der Waals surface area contributed by atoms with Gasteiger partial charge < -0.3 is 9.84 Å². The number of esters is 1. The van der Waals surface area contributed by atoms with Crippen LogP contribution in [0.1, 0.15) is 39.7 Å². The van der Waals surface area contributed by atoms with Crippen LogP contribution in [0, 0.1) is 23.7 Å². The number of benzene rings is 3. The van der Waals surface area contributed by atoms with Crippen molar-refractivity contribution < 1.29 is 19.4 Å². The zero-order chi connectivity index (χ0) is 22.8. The molecule has 4 unspecified atom stereocenters. The Morgan fingerprint density at radius 3 is 2.41 bits per heavy atom. The van der Waals surface area contributed by atoms with E-state index in [9.17, 15) is 14.7 Å². The Labute approximate surface area is 187 Å². The summed E-state index contributed by atoms with van der Waals surface area (Å²) < 4.78 is 6.09. The van der Waals surface area contributed by atoms with Gasteiger partial charge in [0.25, 0.3) is 0 Å². The van der Waals surface area contributed by atoms with Crippen LogP contribution in [0.25, 0.3) is 21.5 Å². The number of carbonyl (C=O) groups is 2. The zero-order valence-corrected chi connectivity index (χ0v) is 18.9. The van der Waals surface area contributed by atoms with Gasteiger partial charge in [-0.3, -0.25) is 9.59 Å². The number of carboxylic acids is 1. The third kappa shape index (κ3) is 3.21. The minimum Gasteiger partial charge on any atom is -0.481 e. The van der Waals surface area contributed by atoms with Crippen molar-refractivity contribution >= 4 is 33.5 Å². The second-order valence-corrected chi connectivity index (χ2v) is 10.3. The first-order valence-corrected chi connectivity index (χ1v) is 11.2. The van der Waals surface area contributed by atoms with Crippen molar-refractivity contribution in [3.05, 3.63) is 65.7 Å². The molecule has 0 spiro atoms. The van der Waals surface area contributed by atoms with E-state index < -0.39 is 23.8 Å². The lowest BCUT2D eigenvalue weighted by Gasteiger charge is -2.26. The Kier molecular flexibility index (Phi) is 4.66. The van der Waals surface area contributed by atoms with Crippen molar-refractivity contribution in [2.75, 3.05) is 0 Å². The molecule has 32 heavy (non-hydrogen) atoms. The van der Waals surface area contributed by atoms with Gasteiger partial charge in [0.15, 0.2) is 0 Å². The highest BCUT2D eigenvalue weighted by molar-refractivity contribution is 6.07. The number of rotatable bonds is 3. The Morgan fingerprint density at radius 2 is 1.69 bits per heavy atom. The Bertz CT molecular complexity index is 1290. The molecule has 5 rings (SSSR count). The molecule has 0 amide bonds. The molecule has 0 heterocycles. The number of hydrogen-bond acceptors (Lipinski definition) is 3. The van der Waals surface area contributed by atoms with E-state index in [1.807, 2.05) is 37.3 Å². The van der Waals surface area contributed by atoms with Crippen molar-refractivity contribution in [2.24, 2.45) is 23.7 Å². The van der Waals surface area contributed by atoms with Crippen LogP contribution in [0.2, 0.25) is 0 Å². The molecule has 4 atom stereocenters. The molecule has 0 saturated heterocycles. The smallest absolute Gasteiger partial charge is 0.315 e. The van der Waals surface area contributed by atoms with Crippen molar-refractivity contribution in [1.29, 1.82) is 0 Å². The fourth-order valence-electron chi connectivity index (χ4n) is 5.63. The normalized spacial score (nSPS) is 24.7. The van der Waals surface area contributed by atoms with Gasteiger partial charge in [0.05, 0.1) is 11.8 Å². The highest BCUT2D eigenvalue weighted by atomic mass is 16.5. The molecule has 4 heteroatoms. The van der Waals surface area contributed by atoms with Crippen LogP contribution < -0.4 is 4.74 Å². The van der Waals surface area contributed by atoms with Gasteiger partial charge in [0, 0.05) is 10.8 Å². The third-order valence-corrected chi connectivity index (χ3v) is 7.31. The van der Waals surface area contributed by atoms with Crippen LogP contribution in [-0.2, 0) is 15.0 Å². The van der Waals surface area contributed by atoms with Gasteiger partial charge in [-0.05, 0) is 53.0 Å². The van der Waals surface area contributed by atoms with E-state index >= 15 is 0 Å². The summed E-state index contributed by atoms with van der Waals surface area (Å²) in [7, 11) is 0. The second-order valence-electron chi connectivity index (χ2n) is 10.3. The predicted octanol–water partition coefficient (Wildman–Crippen LogP) is 6.11. The first kappa shape index (κ1) is 20.7. The van der Waals surface area contributed by atoms with Gasteiger partial charge >= 0.3 is 11.9 Å². The lowest BCUT2D eigenvalue weighted by atomic mass is 9.80. The molecular formula is C28H28O4. The summed E-state index contributed by atoms with van der Waals surface area (Å²) in [5, 5.41) is 13.6. The molecule has 2 aliphatic rings. The van der Waals surface area contributed by atoms with E-state index in [2.05, 4.69) is 45.0 Å². The van der Waals surface area contributed by atoms with E-state index in [1.165, 1.54) is 5.56 Å². The number of aliphatic carboxylic acids is 1. The number of ether oxygens (including phenoxy) is 1. The first-order chi connectivity index (χ1) is 15.1. The number of allylic oxidation sites excluding steroid dienone is 2. The third-order valence-electron chi connectivity index (χ3n) is 7.31. The Morgan fingerprint density at radius 1 is 0.969 bits per heavy atom. The Balaban J connectivity index is 1.61. The molecule has 2 bridgehead atoms. The van der Waals surface area contributed by atoms with Crippen LogP contribution in [0.4, 0.5) is 0 Å². The molecular weight excluding hydrogens is 400 g/mol. The zero-order valence-electron chi connectivity index (χ0n) is 18.9. The summed E-state index contributed by atoms with van der Waals surface area (Å²) in [5.74, 6) is -2.34. The second kappa shape index (κ2) is 7.19. The van der Waals surface area contributed by atoms with Gasteiger partial charge in [-0.25, -0.2) is 0 Å². The maximum atomic E-state index is 13.4. The molecule has 0 radical (unpaired) electrons. The fourth-order valence-corrected chi connectivity index (χ4v) is 5.63. The van der Waals surface area contributed by atoms with Crippen molar-refractivity contribution in [1.82, 2.24) is 0 Å². The van der Waals surface area contributed by atoms with Crippen molar-refractivity contribution in [3.8, 4) is 5.75 Å². The average Bonchev–Trinajstić information content (AvgIpc) is 3.29. The highest BCUT2D eigenvalue weighted by Gasteiger charge is 2.54. The predicted molar refractivity (Wildman–Crippen MR) is 126 cm³/mol. The quantitative estimate of drug-likeness (QED) is 0.237. The number of carbonyl (C=O) groups excluding carboxylic acids is 1. The molecule has 1 fully saturated rings. The van der Waals surface area contributed by atoms with Crippen LogP contribution in [0.5, 0.6) is 5.75 Å². The monoisotopic (exact) mass is 428 g/mol. The van der Waals surface area contributed by atoms with E-state index in [-0.39, 0.29) is 17.3 Å². The van der Waals surface area contributed by atoms with Gasteiger partial charge in [0.2, 0.25) is 0 Å². The standard InChI is InChI=1S/C28H28O4/c1-15-11-18-14-22(15)24(26(29)30)23(18)27(31)32-25-20-8-6-5-7-16(20)12-17-13-19(28(2,3)4)9-10-21(17)25/h5-13,18,22-24H,14H2,1-4H3,(H,29,30). The van der Waals surface area contributed by atoms with E-state index in [0.717, 1.165) is 27.1 Å². The lowest BCUT2D eigenvalue weighted by Crippen LogP contribution is -2.36. The first-order valence-electron chi connectivity index (χ1n) is 11.2. The molecule has 1 N–H and O–H groups in total. The summed E-state index contributed by atoms with van der Waals surface area (Å²) in [5.41, 5.74) is 2.28. The summed E-state index contributed by atoms with van der Waals surface area (Å²) in [6, 6.07) is 16.2. The fraction of sp³-hybridized carbons (Fsp3) is 0.357. The van der Waals surface area contributed by atoms with E-state index in [4.69, 9.17) is 4.74 Å². The average molecular weight is 429 g/mol. The molecule has 3 aromatic carbocycles. The topological polar surface area (TPSA) is 63.6 Å². The van der Waals surface area contributed by atoms with Gasteiger partial charge in [-0.15, -0.1) is 0 Å². The molecule has 0 aromatic heterocycles. The van der Waals surface area contributed by atoms with Crippen LogP contribution in [0.3, 0.4) is 0 Å². The SMILES string of the molecule is CC1=CC2CC1C(C(=O)O)C2C(=O)Oc1c2ccccc2cc2cc(C(C)(C)C)ccc12. The summed E-state index contributed by atoms with van der Waals surface area (Å²) in [6.45, 7) is 8.49. The van der Waals surface area contributed by atoms with Crippen molar-refractivity contribution in [2.45, 2.75) is 39.5 Å². The van der Waals surface area contributed by atoms with Crippen LogP contribution in [-0.4, -0.2) is 17.0 Å². The maximum absolute atomic E-state index is 13.4. The molecule has 4 nitrogen and oxygen atoms in total. The maximum Gasteiger partial charge on any atom is 0.315 e. The van der Waals surface area contributed by atoms with E-state index in [0.29, 0.717) is 12.2 Å². The lowest BCUT2D eigenvalue weighted by molar-refractivity contribution is -0.152. The largest absolute Gasteiger partial charge is 0.481 e. The molecule has 1 saturated carbocycles. The highest BCUT2D eigenvalue weighted by Crippen LogP contribution is 2.52. The van der Waals surface area contributed by atoms with Crippen LogP contribution >= 0.6 is 0 Å². The number of hydrogen-bond donors (Lipinski definition) is 1. The molecule has 0 aliphatic heterocycles. The van der Waals surface area contributed by atoms with E-state index in [1.54, 1.807) is 0 Å². The number of fused-ring (bicyclic) bond motifs is 4.